The van der Waals surface area contributed by atoms with E-state index < -0.39 is 6.04 Å². The Morgan fingerprint density at radius 2 is 1.55 bits per heavy atom. The second-order valence-electron chi connectivity index (χ2n) is 5.72. The smallest absolute Gasteiger partial charge is 0.243 e. The van der Waals surface area contributed by atoms with Crippen LogP contribution in [0.5, 0.6) is 0 Å². The maximum atomic E-state index is 12.2. The van der Waals surface area contributed by atoms with Gasteiger partial charge in [-0.1, -0.05) is 0 Å². The maximum Gasteiger partial charge on any atom is 0.243 e. The number of hydrogen-bond acceptors (Lipinski definition) is 5. The van der Waals surface area contributed by atoms with Gasteiger partial charge in [-0.25, -0.2) is 0 Å². The van der Waals surface area contributed by atoms with Gasteiger partial charge in [0.25, 0.3) is 0 Å². The summed E-state index contributed by atoms with van der Waals surface area (Å²) in [5.74, 6) is -0.917. The van der Waals surface area contributed by atoms with Crippen LogP contribution < -0.4 is 5.32 Å². The molecule has 0 saturated heterocycles. The second-order valence-corrected chi connectivity index (χ2v) is 5.72. The van der Waals surface area contributed by atoms with Gasteiger partial charge in [0.15, 0.2) is 0 Å². The molecule has 0 aliphatic carbocycles. The fourth-order valence-electron chi connectivity index (χ4n) is 1.83. The van der Waals surface area contributed by atoms with Crippen LogP contribution in [-0.4, -0.2) is 73.5 Å². The highest BCUT2D eigenvalue weighted by atomic mass is 16.2. The van der Waals surface area contributed by atoms with E-state index in [1.165, 1.54) is 25.8 Å². The largest absolute Gasteiger partial charge is 0.353 e. The van der Waals surface area contributed by atoms with Crippen LogP contribution in [0.3, 0.4) is 0 Å². The molecule has 0 heterocycles. The van der Waals surface area contributed by atoms with Crippen LogP contribution in [0.15, 0.2) is 0 Å². The van der Waals surface area contributed by atoms with E-state index in [9.17, 15) is 19.2 Å². The fourth-order valence-corrected chi connectivity index (χ4v) is 1.83. The van der Waals surface area contributed by atoms with Gasteiger partial charge in [0, 0.05) is 39.4 Å². The van der Waals surface area contributed by atoms with Crippen molar-refractivity contribution >= 4 is 23.4 Å². The van der Waals surface area contributed by atoms with Crippen molar-refractivity contribution in [2.75, 3.05) is 34.2 Å². The molecule has 1 atom stereocenters. The Balaban J connectivity index is 4.72. The summed E-state index contributed by atoms with van der Waals surface area (Å²) in [6, 6.07) is -0.834. The number of amides is 2. The molecule has 1 unspecified atom stereocenters. The summed E-state index contributed by atoms with van der Waals surface area (Å²) in [5, 5.41) is 2.73. The van der Waals surface area contributed by atoms with Gasteiger partial charge in [-0.3, -0.25) is 14.4 Å². The average molecular weight is 313 g/mol. The van der Waals surface area contributed by atoms with Crippen molar-refractivity contribution in [3.05, 3.63) is 0 Å². The number of hydrogen-bond donors (Lipinski definition) is 1. The normalized spacial score (nSPS) is 11.9. The number of nitrogens with one attached hydrogen (secondary N) is 1. The Labute approximate surface area is 132 Å². The molecule has 0 aliphatic heterocycles. The van der Waals surface area contributed by atoms with Gasteiger partial charge in [0.05, 0.1) is 0 Å². The molecular weight excluding hydrogens is 286 g/mol. The first-order valence-corrected chi connectivity index (χ1v) is 7.32. The van der Waals surface area contributed by atoms with Gasteiger partial charge in [-0.2, -0.15) is 0 Å². The number of carbonyl (C=O) groups is 4. The van der Waals surface area contributed by atoms with E-state index in [4.69, 9.17) is 0 Å². The molecule has 22 heavy (non-hydrogen) atoms. The molecule has 0 bridgehead atoms. The van der Waals surface area contributed by atoms with Crippen LogP contribution in [-0.2, 0) is 19.2 Å². The summed E-state index contributed by atoms with van der Waals surface area (Å²) in [6.07, 6.45) is 0.152. The van der Waals surface area contributed by atoms with Crippen molar-refractivity contribution in [1.29, 1.82) is 0 Å². The SMILES string of the molecule is CC(=O)CCC(=O)N(C)C(CC(C)=O)C(=O)NCCN(C)C. The lowest BCUT2D eigenvalue weighted by atomic mass is 10.1. The van der Waals surface area contributed by atoms with Crippen LogP contribution >= 0.6 is 0 Å². The minimum absolute atomic E-state index is 0.0316. The van der Waals surface area contributed by atoms with Crippen LogP contribution in [0.4, 0.5) is 0 Å². The number of nitrogens with zero attached hydrogens (tertiary/aromatic N) is 2. The summed E-state index contributed by atoms with van der Waals surface area (Å²) < 4.78 is 0. The van der Waals surface area contributed by atoms with Gasteiger partial charge in [-0.15, -0.1) is 0 Å². The Morgan fingerprint density at radius 1 is 0.955 bits per heavy atom. The van der Waals surface area contributed by atoms with Crippen molar-refractivity contribution in [2.45, 2.75) is 39.2 Å². The Hall–Kier alpha value is -1.76. The quantitative estimate of drug-likeness (QED) is 0.605. The molecule has 7 nitrogen and oxygen atoms in total. The van der Waals surface area contributed by atoms with Gasteiger partial charge >= 0.3 is 0 Å². The van der Waals surface area contributed by atoms with Crippen LogP contribution in [0.25, 0.3) is 0 Å². The molecule has 0 rings (SSSR count). The first-order valence-electron chi connectivity index (χ1n) is 7.32. The third kappa shape index (κ3) is 8.51. The molecule has 0 radical (unpaired) electrons. The summed E-state index contributed by atoms with van der Waals surface area (Å²) >= 11 is 0. The highest BCUT2D eigenvalue weighted by molar-refractivity contribution is 5.92. The van der Waals surface area contributed by atoms with Crippen LogP contribution in [0, 0.1) is 0 Å². The van der Waals surface area contributed by atoms with Crippen molar-refractivity contribution in [1.82, 2.24) is 15.1 Å². The summed E-state index contributed by atoms with van der Waals surface area (Å²) in [7, 11) is 5.26. The predicted octanol–water partition coefficient (Wildman–Crippen LogP) is -0.160. The second kappa shape index (κ2) is 10.0. The van der Waals surface area contributed by atoms with E-state index >= 15 is 0 Å². The summed E-state index contributed by atoms with van der Waals surface area (Å²) in [5.41, 5.74) is 0. The molecule has 0 aromatic carbocycles. The van der Waals surface area contributed by atoms with Crippen molar-refractivity contribution < 1.29 is 19.2 Å². The number of carbonyl (C=O) groups excluding carboxylic acids is 4. The topological polar surface area (TPSA) is 86.8 Å². The number of Topliss-reactive ketones (excluding diaryl/α,β-unsaturated/α-hetero) is 2. The molecule has 0 saturated carbocycles. The van der Waals surface area contributed by atoms with Crippen molar-refractivity contribution in [3.63, 3.8) is 0 Å². The lowest BCUT2D eigenvalue weighted by molar-refractivity contribution is -0.141. The first kappa shape index (κ1) is 20.2. The van der Waals surface area contributed by atoms with Gasteiger partial charge in [0.1, 0.15) is 17.6 Å². The molecule has 0 aromatic rings. The molecule has 0 aromatic heterocycles. The molecule has 7 heteroatoms. The molecule has 1 N–H and O–H groups in total. The van der Waals surface area contributed by atoms with E-state index in [2.05, 4.69) is 5.32 Å². The zero-order valence-electron chi connectivity index (χ0n) is 14.1. The molecule has 0 fully saturated rings. The number of rotatable bonds is 10. The van der Waals surface area contributed by atoms with E-state index in [-0.39, 0.29) is 42.6 Å². The molecule has 0 aliphatic rings. The van der Waals surface area contributed by atoms with Crippen molar-refractivity contribution in [2.24, 2.45) is 0 Å². The minimum Gasteiger partial charge on any atom is -0.353 e. The highest BCUT2D eigenvalue weighted by Gasteiger charge is 2.27. The van der Waals surface area contributed by atoms with Crippen LogP contribution in [0.2, 0.25) is 0 Å². The monoisotopic (exact) mass is 313 g/mol. The highest BCUT2D eigenvalue weighted by Crippen LogP contribution is 2.07. The maximum absolute atomic E-state index is 12.2. The minimum atomic E-state index is -0.834. The lowest BCUT2D eigenvalue weighted by Crippen LogP contribution is -2.49. The third-order valence-electron chi connectivity index (χ3n) is 3.19. The summed E-state index contributed by atoms with van der Waals surface area (Å²) in [4.78, 5) is 49.7. The van der Waals surface area contributed by atoms with E-state index in [1.54, 1.807) is 0 Å². The summed E-state index contributed by atoms with van der Waals surface area (Å²) in [6.45, 7) is 3.90. The van der Waals surface area contributed by atoms with E-state index in [0.29, 0.717) is 13.1 Å². The fraction of sp³-hybridized carbons (Fsp3) is 0.733. The molecular formula is C15H27N3O4. The predicted molar refractivity (Wildman–Crippen MR) is 83.3 cm³/mol. The number of ketones is 2. The molecule has 2 amide bonds. The molecule has 0 spiro atoms. The van der Waals surface area contributed by atoms with Gasteiger partial charge in [-0.05, 0) is 27.9 Å². The van der Waals surface area contributed by atoms with Crippen molar-refractivity contribution in [3.8, 4) is 0 Å². The first-order chi connectivity index (χ1) is 10.1. The van der Waals surface area contributed by atoms with Crippen LogP contribution in [0.1, 0.15) is 33.1 Å². The lowest BCUT2D eigenvalue weighted by Gasteiger charge is -2.27. The van der Waals surface area contributed by atoms with E-state index in [1.807, 2.05) is 19.0 Å². The standard InChI is InChI=1S/C15H27N3O4/c1-11(19)6-7-14(21)18(5)13(10-12(2)20)15(22)16-8-9-17(3)4/h13H,6-10H2,1-5H3,(H,16,22). The van der Waals surface area contributed by atoms with Gasteiger partial charge < -0.3 is 19.9 Å². The Kier molecular flexibility index (Phi) is 9.24. The zero-order chi connectivity index (χ0) is 17.3. The Bertz CT molecular complexity index is 421. The average Bonchev–Trinajstić information content (AvgIpc) is 2.40. The Morgan fingerprint density at radius 3 is 2.00 bits per heavy atom. The van der Waals surface area contributed by atoms with E-state index in [0.717, 1.165) is 0 Å². The molecule has 126 valence electrons. The van der Waals surface area contributed by atoms with Gasteiger partial charge in [0.2, 0.25) is 11.8 Å². The zero-order valence-corrected chi connectivity index (χ0v) is 14.1. The third-order valence-corrected chi connectivity index (χ3v) is 3.19. The number of likely N-dealkylation sites (N-methyl/N-ethyl adjacent to an activating group) is 2.